The third kappa shape index (κ3) is 2.40. The Kier molecular flexibility index (Phi) is 3.10. The Bertz CT molecular complexity index is 670. The first kappa shape index (κ1) is 12.0. The number of amidine groups is 1. The molecule has 3 heteroatoms. The highest BCUT2D eigenvalue weighted by Gasteiger charge is 2.09. The summed E-state index contributed by atoms with van der Waals surface area (Å²) in [6.07, 6.45) is 4.64. The number of nitrogens with two attached hydrogens (primary N) is 1. The maximum absolute atomic E-state index is 6.00. The fourth-order valence-corrected chi connectivity index (χ4v) is 2.32. The van der Waals surface area contributed by atoms with Crippen LogP contribution in [-0.4, -0.2) is 5.84 Å². The maximum atomic E-state index is 6.00. The van der Waals surface area contributed by atoms with E-state index in [-0.39, 0.29) is 0 Å². The van der Waals surface area contributed by atoms with Gasteiger partial charge in [-0.15, -0.1) is 0 Å². The van der Waals surface area contributed by atoms with Gasteiger partial charge in [-0.3, -0.25) is 0 Å². The molecule has 0 bridgehead atoms. The van der Waals surface area contributed by atoms with Crippen LogP contribution in [0, 0.1) is 0 Å². The van der Waals surface area contributed by atoms with Crippen LogP contribution in [0.15, 0.2) is 59.7 Å². The van der Waals surface area contributed by atoms with E-state index in [2.05, 4.69) is 23.2 Å². The molecule has 0 saturated heterocycles. The summed E-state index contributed by atoms with van der Waals surface area (Å²) in [5, 5.41) is 0.740. The van der Waals surface area contributed by atoms with E-state index in [9.17, 15) is 0 Å². The first-order valence-corrected chi connectivity index (χ1v) is 6.49. The molecule has 19 heavy (non-hydrogen) atoms. The van der Waals surface area contributed by atoms with Gasteiger partial charge in [0, 0.05) is 16.8 Å². The van der Waals surface area contributed by atoms with E-state index < -0.39 is 0 Å². The summed E-state index contributed by atoms with van der Waals surface area (Å²) in [5.41, 5.74) is 10.5. The summed E-state index contributed by atoms with van der Waals surface area (Å²) >= 11 is 5.91. The minimum atomic E-state index is 0.569. The molecule has 1 aliphatic rings. The first-order chi connectivity index (χ1) is 9.24. The lowest BCUT2D eigenvalue weighted by Crippen LogP contribution is -2.14. The molecule has 0 saturated carbocycles. The molecule has 0 aliphatic carbocycles. The van der Waals surface area contributed by atoms with Crippen molar-refractivity contribution in [1.82, 2.24) is 0 Å². The molecule has 0 radical (unpaired) electrons. The molecule has 2 N–H and O–H groups in total. The van der Waals surface area contributed by atoms with Gasteiger partial charge in [-0.25, -0.2) is 4.99 Å². The van der Waals surface area contributed by atoms with Crippen molar-refractivity contribution in [2.75, 3.05) is 0 Å². The van der Waals surface area contributed by atoms with Crippen molar-refractivity contribution >= 4 is 17.4 Å². The fourth-order valence-electron chi connectivity index (χ4n) is 2.20. The van der Waals surface area contributed by atoms with Gasteiger partial charge in [0.25, 0.3) is 0 Å². The number of allylic oxidation sites excluding steroid dienone is 1. The Balaban J connectivity index is 2.08. The van der Waals surface area contributed by atoms with Gasteiger partial charge in [0.05, 0.1) is 0 Å². The lowest BCUT2D eigenvalue weighted by molar-refractivity contribution is 1.26. The van der Waals surface area contributed by atoms with Crippen molar-refractivity contribution in [1.29, 1.82) is 0 Å². The normalized spacial score (nSPS) is 13.6. The summed E-state index contributed by atoms with van der Waals surface area (Å²) in [6.45, 7) is 0. The zero-order chi connectivity index (χ0) is 13.2. The van der Waals surface area contributed by atoms with E-state index in [1.165, 1.54) is 5.56 Å². The molecule has 0 atom stereocenters. The Labute approximate surface area is 117 Å². The van der Waals surface area contributed by atoms with Gasteiger partial charge in [-0.1, -0.05) is 41.9 Å². The van der Waals surface area contributed by atoms with Gasteiger partial charge in [-0.05, 0) is 41.3 Å². The van der Waals surface area contributed by atoms with E-state index >= 15 is 0 Å². The number of fused-ring (bicyclic) bond motifs is 1. The molecule has 94 valence electrons. The predicted molar refractivity (Wildman–Crippen MR) is 80.5 cm³/mol. The number of rotatable bonds is 1. The van der Waals surface area contributed by atoms with Crippen LogP contribution in [0.1, 0.15) is 11.1 Å². The average Bonchev–Trinajstić information content (AvgIpc) is 2.62. The van der Waals surface area contributed by atoms with E-state index in [1.54, 1.807) is 6.20 Å². The standard InChI is InChI=1S/C16H13ClN2/c17-14-7-5-11(6-8-14)13-4-3-12-2-1-9-19-16(18)15(12)10-13/h1,3-10H,2H2,(H2,18,19). The van der Waals surface area contributed by atoms with Crippen LogP contribution >= 0.6 is 11.6 Å². The summed E-state index contributed by atoms with van der Waals surface area (Å²) in [7, 11) is 0. The van der Waals surface area contributed by atoms with E-state index in [0.717, 1.165) is 28.1 Å². The molecule has 1 heterocycles. The third-order valence-electron chi connectivity index (χ3n) is 3.22. The molecule has 0 spiro atoms. The molecule has 0 unspecified atom stereocenters. The number of halogens is 1. The van der Waals surface area contributed by atoms with Gasteiger partial charge in [0.1, 0.15) is 5.84 Å². The largest absolute Gasteiger partial charge is 0.383 e. The van der Waals surface area contributed by atoms with Crippen molar-refractivity contribution in [3.05, 3.63) is 70.9 Å². The summed E-state index contributed by atoms with van der Waals surface area (Å²) in [6, 6.07) is 14.1. The molecule has 2 nitrogen and oxygen atoms in total. The monoisotopic (exact) mass is 268 g/mol. The number of hydrogen-bond acceptors (Lipinski definition) is 2. The number of aliphatic imine (C=N–C) groups is 1. The zero-order valence-electron chi connectivity index (χ0n) is 10.3. The molecule has 1 aliphatic heterocycles. The van der Waals surface area contributed by atoms with Crippen molar-refractivity contribution in [3.8, 4) is 11.1 Å². The van der Waals surface area contributed by atoms with Gasteiger partial charge in [0.15, 0.2) is 0 Å². The van der Waals surface area contributed by atoms with Gasteiger partial charge in [0.2, 0.25) is 0 Å². The lowest BCUT2D eigenvalue weighted by Gasteiger charge is -2.09. The van der Waals surface area contributed by atoms with Crippen LogP contribution in [0.4, 0.5) is 0 Å². The van der Waals surface area contributed by atoms with E-state index in [4.69, 9.17) is 17.3 Å². The second-order valence-electron chi connectivity index (χ2n) is 4.48. The topological polar surface area (TPSA) is 38.4 Å². The Morgan fingerprint density at radius 2 is 1.74 bits per heavy atom. The highest BCUT2D eigenvalue weighted by Crippen LogP contribution is 2.25. The first-order valence-electron chi connectivity index (χ1n) is 6.11. The van der Waals surface area contributed by atoms with Crippen LogP contribution in [0.3, 0.4) is 0 Å². The lowest BCUT2D eigenvalue weighted by atomic mass is 9.97. The van der Waals surface area contributed by atoms with Gasteiger partial charge in [-0.2, -0.15) is 0 Å². The van der Waals surface area contributed by atoms with Crippen LogP contribution in [-0.2, 0) is 6.42 Å². The third-order valence-corrected chi connectivity index (χ3v) is 3.47. The smallest absolute Gasteiger partial charge is 0.130 e. The number of hydrogen-bond donors (Lipinski definition) is 1. The average molecular weight is 269 g/mol. The van der Waals surface area contributed by atoms with Crippen molar-refractivity contribution in [3.63, 3.8) is 0 Å². The van der Waals surface area contributed by atoms with Crippen LogP contribution in [0.2, 0.25) is 5.02 Å². The Morgan fingerprint density at radius 1 is 1.00 bits per heavy atom. The number of benzene rings is 2. The molecule has 2 aromatic rings. The van der Waals surface area contributed by atoms with Crippen molar-refractivity contribution in [2.45, 2.75) is 6.42 Å². The van der Waals surface area contributed by atoms with Crippen LogP contribution in [0.5, 0.6) is 0 Å². The van der Waals surface area contributed by atoms with Crippen LogP contribution < -0.4 is 5.73 Å². The SMILES string of the molecule is NC1=NC=CCc2ccc(-c3ccc(Cl)cc3)cc21. The summed E-state index contributed by atoms with van der Waals surface area (Å²) < 4.78 is 0. The summed E-state index contributed by atoms with van der Waals surface area (Å²) in [4.78, 5) is 4.21. The quantitative estimate of drug-likeness (QED) is 0.840. The van der Waals surface area contributed by atoms with Gasteiger partial charge < -0.3 is 5.73 Å². The molecule has 0 amide bonds. The maximum Gasteiger partial charge on any atom is 0.130 e. The second-order valence-corrected chi connectivity index (χ2v) is 4.92. The molecule has 0 fully saturated rings. The molecular weight excluding hydrogens is 256 g/mol. The highest BCUT2D eigenvalue weighted by molar-refractivity contribution is 6.30. The zero-order valence-corrected chi connectivity index (χ0v) is 11.1. The minimum absolute atomic E-state index is 0.569. The van der Waals surface area contributed by atoms with E-state index in [1.807, 2.05) is 30.3 Å². The van der Waals surface area contributed by atoms with Crippen molar-refractivity contribution in [2.24, 2.45) is 10.7 Å². The highest BCUT2D eigenvalue weighted by atomic mass is 35.5. The van der Waals surface area contributed by atoms with Gasteiger partial charge >= 0.3 is 0 Å². The minimum Gasteiger partial charge on any atom is -0.383 e. The fraction of sp³-hybridized carbons (Fsp3) is 0.0625. The van der Waals surface area contributed by atoms with E-state index in [0.29, 0.717) is 5.84 Å². The summed E-state index contributed by atoms with van der Waals surface area (Å²) in [5.74, 6) is 0.569. The molecule has 0 aromatic heterocycles. The Hall–Kier alpha value is -2.06. The predicted octanol–water partition coefficient (Wildman–Crippen LogP) is 3.78. The van der Waals surface area contributed by atoms with Crippen molar-refractivity contribution < 1.29 is 0 Å². The Morgan fingerprint density at radius 3 is 2.53 bits per heavy atom. The molecule has 3 rings (SSSR count). The second kappa shape index (κ2) is 4.90. The molecule has 2 aromatic carbocycles. The number of nitrogens with zero attached hydrogens (tertiary/aromatic N) is 1. The van der Waals surface area contributed by atoms with Crippen LogP contribution in [0.25, 0.3) is 11.1 Å². The molecular formula is C16H13ClN2.